The first-order valence-corrected chi connectivity index (χ1v) is 8.55. The fourth-order valence-corrected chi connectivity index (χ4v) is 3.23. The van der Waals surface area contributed by atoms with Crippen molar-refractivity contribution in [2.45, 2.75) is 18.5 Å². The zero-order chi connectivity index (χ0) is 19.8. The van der Waals surface area contributed by atoms with Crippen molar-refractivity contribution in [3.8, 4) is 0 Å². The molecule has 28 heavy (non-hydrogen) atoms. The number of hydrogen-bond acceptors (Lipinski definition) is 4. The van der Waals surface area contributed by atoms with Gasteiger partial charge in [-0.2, -0.15) is 5.10 Å². The van der Waals surface area contributed by atoms with Crippen LogP contribution in [0, 0.1) is 23.3 Å². The molecule has 0 aliphatic carbocycles. The van der Waals surface area contributed by atoms with E-state index in [4.69, 9.17) is 0 Å². The minimum atomic E-state index is -0.817. The number of anilines is 1. The summed E-state index contributed by atoms with van der Waals surface area (Å²) in [6.07, 6.45) is 2.75. The molecule has 2 aliphatic rings. The van der Waals surface area contributed by atoms with Crippen molar-refractivity contribution in [1.82, 2.24) is 14.9 Å². The number of benzene rings is 1. The largest absolute Gasteiger partial charge is 0.361 e. The molecule has 1 unspecified atom stereocenters. The number of aromatic nitrogens is 1. The van der Waals surface area contributed by atoms with Gasteiger partial charge in [-0.15, -0.1) is 0 Å². The third kappa shape index (κ3) is 3.49. The second-order valence-corrected chi connectivity index (χ2v) is 6.61. The molecule has 1 aromatic carbocycles. The van der Waals surface area contributed by atoms with Crippen LogP contribution in [0.4, 0.5) is 28.2 Å². The molecule has 3 heterocycles. The van der Waals surface area contributed by atoms with Crippen LogP contribution in [-0.2, 0) is 0 Å². The van der Waals surface area contributed by atoms with Gasteiger partial charge in [0, 0.05) is 37.9 Å². The number of carbonyl (C=O) groups is 1. The molecule has 1 atom stereocenters. The number of carbonyl (C=O) groups excluding carboxylic acids is 1. The molecule has 6 nitrogen and oxygen atoms in total. The first kappa shape index (κ1) is 18.2. The average Bonchev–Trinajstić information content (AvgIpc) is 3.07. The second-order valence-electron chi connectivity index (χ2n) is 6.61. The van der Waals surface area contributed by atoms with Crippen LogP contribution in [0.1, 0.15) is 18.0 Å². The molecule has 2 aliphatic heterocycles. The van der Waals surface area contributed by atoms with Gasteiger partial charge in [-0.3, -0.25) is 0 Å². The zero-order valence-corrected chi connectivity index (χ0v) is 14.4. The summed E-state index contributed by atoms with van der Waals surface area (Å²) in [5.41, 5.74) is 0.316. The normalized spacial score (nSPS) is 19.1. The molecule has 0 bridgehead atoms. The van der Waals surface area contributed by atoms with Crippen LogP contribution in [0.2, 0.25) is 0 Å². The smallest absolute Gasteiger partial charge is 0.341 e. The van der Waals surface area contributed by atoms with Crippen LogP contribution in [0.5, 0.6) is 0 Å². The van der Waals surface area contributed by atoms with Crippen LogP contribution in [-0.4, -0.2) is 46.3 Å². The van der Waals surface area contributed by atoms with Crippen molar-refractivity contribution in [2.24, 2.45) is 5.10 Å². The van der Waals surface area contributed by atoms with E-state index in [9.17, 15) is 22.4 Å². The molecule has 0 spiro atoms. The molecule has 1 saturated heterocycles. The monoisotopic (exact) mass is 393 g/mol. The van der Waals surface area contributed by atoms with Gasteiger partial charge in [0.25, 0.3) is 0 Å². The molecule has 1 aromatic heterocycles. The molecule has 146 valence electrons. The van der Waals surface area contributed by atoms with E-state index in [1.165, 1.54) is 28.3 Å². The number of halogens is 4. The number of urea groups is 1. The highest BCUT2D eigenvalue weighted by molar-refractivity contribution is 5.79. The Bertz CT molecular complexity index is 927. The maximum absolute atomic E-state index is 13.6. The molecule has 2 amide bonds. The first-order chi connectivity index (χ1) is 13.4. The van der Waals surface area contributed by atoms with Crippen LogP contribution in [0.15, 0.2) is 35.6 Å². The molecule has 1 fully saturated rings. The van der Waals surface area contributed by atoms with E-state index in [2.05, 4.69) is 15.4 Å². The summed E-state index contributed by atoms with van der Waals surface area (Å²) in [5.74, 6) is -3.14. The molecular formula is C18H15F4N5O. The molecule has 1 N–H and O–H groups in total. The van der Waals surface area contributed by atoms with Gasteiger partial charge < -0.3 is 10.2 Å². The van der Waals surface area contributed by atoms with Crippen LogP contribution >= 0.6 is 0 Å². The van der Waals surface area contributed by atoms with Gasteiger partial charge in [0.1, 0.15) is 17.5 Å². The number of hydrogen-bond donors (Lipinski definition) is 1. The Kier molecular flexibility index (Phi) is 4.62. The SMILES string of the molecule is O=C(N1CC(Nc2ncc(F)cc2F)C1)N1N=CCC1c1cc(F)cc(F)c1. The standard InChI is InChI=1S/C18H15F4N5O/c19-11-3-10(4-12(20)5-11)16-1-2-24-27(16)18(28)26-8-14(9-26)25-17-15(22)6-13(21)7-23-17/h2-7,14,16H,1,8-9H2,(H,23,25). The highest BCUT2D eigenvalue weighted by Gasteiger charge is 2.38. The van der Waals surface area contributed by atoms with Gasteiger partial charge in [0.05, 0.1) is 18.3 Å². The fourth-order valence-electron chi connectivity index (χ4n) is 3.23. The summed E-state index contributed by atoms with van der Waals surface area (Å²) in [4.78, 5) is 17.8. The Balaban J connectivity index is 1.39. The maximum Gasteiger partial charge on any atom is 0.341 e. The first-order valence-electron chi connectivity index (χ1n) is 8.55. The summed E-state index contributed by atoms with van der Waals surface area (Å²) in [5, 5.41) is 8.01. The molecule has 2 aromatic rings. The Hall–Kier alpha value is -3.17. The van der Waals surface area contributed by atoms with Gasteiger partial charge in [-0.1, -0.05) is 0 Å². The van der Waals surface area contributed by atoms with E-state index in [1.807, 2.05) is 0 Å². The maximum atomic E-state index is 13.6. The number of hydrazone groups is 1. The van der Waals surface area contributed by atoms with E-state index in [0.29, 0.717) is 12.0 Å². The number of nitrogens with one attached hydrogen (secondary N) is 1. The molecule has 0 saturated carbocycles. The Morgan fingerprint density at radius 3 is 2.43 bits per heavy atom. The quantitative estimate of drug-likeness (QED) is 0.815. The summed E-state index contributed by atoms with van der Waals surface area (Å²) >= 11 is 0. The fraction of sp³-hybridized carbons (Fsp3) is 0.278. The van der Waals surface area contributed by atoms with E-state index in [1.54, 1.807) is 0 Å². The van der Waals surface area contributed by atoms with Crippen LogP contribution < -0.4 is 5.32 Å². The van der Waals surface area contributed by atoms with Crippen molar-refractivity contribution < 1.29 is 22.4 Å². The lowest BCUT2D eigenvalue weighted by Gasteiger charge is -2.41. The molecule has 10 heteroatoms. The van der Waals surface area contributed by atoms with Crippen molar-refractivity contribution in [2.75, 3.05) is 18.4 Å². The van der Waals surface area contributed by atoms with Crippen molar-refractivity contribution >= 4 is 18.1 Å². The minimum absolute atomic E-state index is 0.0918. The van der Waals surface area contributed by atoms with Gasteiger partial charge in [0.15, 0.2) is 11.6 Å². The van der Waals surface area contributed by atoms with Crippen molar-refractivity contribution in [3.63, 3.8) is 0 Å². The molecular weight excluding hydrogens is 378 g/mol. The average molecular weight is 393 g/mol. The predicted molar refractivity (Wildman–Crippen MR) is 92.6 cm³/mol. The lowest BCUT2D eigenvalue weighted by atomic mass is 10.0. The second kappa shape index (κ2) is 7.10. The van der Waals surface area contributed by atoms with E-state index < -0.39 is 35.3 Å². The van der Waals surface area contributed by atoms with Crippen molar-refractivity contribution in [1.29, 1.82) is 0 Å². The highest BCUT2D eigenvalue weighted by atomic mass is 19.1. The summed E-state index contributed by atoms with van der Waals surface area (Å²) < 4.78 is 53.5. The van der Waals surface area contributed by atoms with Crippen molar-refractivity contribution in [3.05, 3.63) is 59.3 Å². The van der Waals surface area contributed by atoms with Crippen LogP contribution in [0.25, 0.3) is 0 Å². The molecule has 0 radical (unpaired) electrons. The van der Waals surface area contributed by atoms with E-state index in [0.717, 1.165) is 18.3 Å². The van der Waals surface area contributed by atoms with E-state index in [-0.39, 0.29) is 24.9 Å². The van der Waals surface area contributed by atoms with Gasteiger partial charge in [-0.05, 0) is 17.7 Å². The van der Waals surface area contributed by atoms with Gasteiger partial charge in [-0.25, -0.2) is 32.3 Å². The lowest BCUT2D eigenvalue weighted by Crippen LogP contribution is -2.59. The number of pyridine rings is 1. The number of nitrogens with zero attached hydrogens (tertiary/aromatic N) is 4. The summed E-state index contributed by atoms with van der Waals surface area (Å²) in [6, 6.07) is 2.56. The van der Waals surface area contributed by atoms with Gasteiger partial charge in [0.2, 0.25) is 0 Å². The number of amides is 2. The zero-order valence-electron chi connectivity index (χ0n) is 14.4. The summed E-state index contributed by atoms with van der Waals surface area (Å²) in [7, 11) is 0. The highest BCUT2D eigenvalue weighted by Crippen LogP contribution is 2.31. The van der Waals surface area contributed by atoms with Gasteiger partial charge >= 0.3 is 6.03 Å². The van der Waals surface area contributed by atoms with Crippen LogP contribution in [0.3, 0.4) is 0 Å². The minimum Gasteiger partial charge on any atom is -0.361 e. The Labute approximate surface area is 157 Å². The molecule has 4 rings (SSSR count). The Morgan fingerprint density at radius 1 is 1.04 bits per heavy atom. The number of likely N-dealkylation sites (tertiary alicyclic amines) is 1. The number of rotatable bonds is 3. The summed E-state index contributed by atoms with van der Waals surface area (Å²) in [6.45, 7) is 0.515. The third-order valence-electron chi connectivity index (χ3n) is 4.60. The lowest BCUT2D eigenvalue weighted by molar-refractivity contribution is 0.110. The topological polar surface area (TPSA) is 60.8 Å². The predicted octanol–water partition coefficient (Wildman–Crippen LogP) is 3.29. The Morgan fingerprint density at radius 2 is 1.75 bits per heavy atom. The van der Waals surface area contributed by atoms with E-state index >= 15 is 0 Å². The third-order valence-corrected chi connectivity index (χ3v) is 4.60.